The van der Waals surface area contributed by atoms with Crippen molar-refractivity contribution in [2.75, 3.05) is 23.3 Å². The number of benzene rings is 3. The first-order valence-corrected chi connectivity index (χ1v) is 10.8. The number of amides is 1. The summed E-state index contributed by atoms with van der Waals surface area (Å²) in [4.78, 5) is 14.2. The molecule has 0 saturated carbocycles. The number of rotatable bonds is 5. The summed E-state index contributed by atoms with van der Waals surface area (Å²) in [6.07, 6.45) is 0. The maximum absolute atomic E-state index is 13.2. The van der Waals surface area contributed by atoms with Gasteiger partial charge < -0.3 is 4.90 Å². The van der Waals surface area contributed by atoms with E-state index < -0.39 is 21.7 Å². The first-order valence-electron chi connectivity index (χ1n) is 8.97. The lowest BCUT2D eigenvalue weighted by molar-refractivity contribution is 0.0993. The Balaban J connectivity index is 1.98. The highest BCUT2D eigenvalue weighted by molar-refractivity contribution is 7.92. The zero-order valence-corrected chi connectivity index (χ0v) is 18.2. The van der Waals surface area contributed by atoms with Crippen LogP contribution in [0.25, 0.3) is 0 Å². The Hall–Kier alpha value is -3.41. The van der Waals surface area contributed by atoms with Crippen LogP contribution >= 0.6 is 11.6 Å². The third-order valence-electron chi connectivity index (χ3n) is 4.68. The molecule has 9 heteroatoms. The maximum atomic E-state index is 13.2. The summed E-state index contributed by atoms with van der Waals surface area (Å²) < 4.78 is 40.3. The van der Waals surface area contributed by atoms with Gasteiger partial charge in [0.15, 0.2) is 0 Å². The molecule has 0 spiro atoms. The van der Waals surface area contributed by atoms with Crippen molar-refractivity contribution < 1.29 is 17.6 Å². The fourth-order valence-corrected chi connectivity index (χ4v) is 4.28. The molecule has 0 atom stereocenters. The number of sulfonamides is 1. The van der Waals surface area contributed by atoms with Crippen LogP contribution in [-0.4, -0.2) is 28.4 Å². The van der Waals surface area contributed by atoms with Crippen molar-refractivity contribution >= 4 is 38.9 Å². The predicted octanol–water partition coefficient (Wildman–Crippen LogP) is 4.45. The molecule has 0 aliphatic heterocycles. The third kappa shape index (κ3) is 4.53. The fourth-order valence-electron chi connectivity index (χ4n) is 2.86. The minimum absolute atomic E-state index is 0.0138. The molecule has 0 aromatic heterocycles. The molecule has 1 amide bonds. The zero-order chi connectivity index (χ0) is 22.8. The van der Waals surface area contributed by atoms with Crippen LogP contribution in [0.4, 0.5) is 15.8 Å². The summed E-state index contributed by atoms with van der Waals surface area (Å²) >= 11 is 6.20. The Labute approximate surface area is 184 Å². The maximum Gasteiger partial charge on any atom is 0.264 e. The molecular formula is C22H17ClFN3O3S. The normalized spacial score (nSPS) is 10.9. The van der Waals surface area contributed by atoms with Gasteiger partial charge in [-0.1, -0.05) is 17.7 Å². The van der Waals surface area contributed by atoms with Gasteiger partial charge in [-0.15, -0.1) is 0 Å². The van der Waals surface area contributed by atoms with Gasteiger partial charge in [-0.25, -0.2) is 12.8 Å². The monoisotopic (exact) mass is 457 g/mol. The van der Waals surface area contributed by atoms with E-state index in [1.807, 2.05) is 6.07 Å². The zero-order valence-electron chi connectivity index (χ0n) is 16.6. The van der Waals surface area contributed by atoms with Crippen LogP contribution in [0.3, 0.4) is 0 Å². The van der Waals surface area contributed by atoms with Crippen LogP contribution < -0.4 is 9.21 Å². The van der Waals surface area contributed by atoms with Gasteiger partial charge in [0.25, 0.3) is 15.9 Å². The van der Waals surface area contributed by atoms with Gasteiger partial charge in [-0.2, -0.15) is 5.26 Å². The number of nitriles is 1. The minimum Gasteiger partial charge on any atom is -0.311 e. The molecule has 0 aliphatic carbocycles. The predicted molar refractivity (Wildman–Crippen MR) is 117 cm³/mol. The third-order valence-corrected chi connectivity index (χ3v) is 6.80. The highest BCUT2D eigenvalue weighted by Gasteiger charge is 2.25. The van der Waals surface area contributed by atoms with Crippen LogP contribution in [0.2, 0.25) is 5.02 Å². The molecule has 0 radical (unpaired) electrons. The lowest BCUT2D eigenvalue weighted by Gasteiger charge is -2.21. The van der Waals surface area contributed by atoms with Crippen LogP contribution in [0.15, 0.2) is 71.6 Å². The quantitative estimate of drug-likeness (QED) is 0.566. The Morgan fingerprint density at radius 1 is 1.00 bits per heavy atom. The highest BCUT2D eigenvalue weighted by Crippen LogP contribution is 2.27. The molecule has 0 N–H and O–H groups in total. The second-order valence-corrected chi connectivity index (χ2v) is 8.99. The SMILES string of the molecule is CN(C(=O)c1cc(S(=O)(=O)N(C)c2ccc(F)cc2)ccc1Cl)c1cccc(C#N)c1. The van der Waals surface area contributed by atoms with E-state index >= 15 is 0 Å². The average molecular weight is 458 g/mol. The Bertz CT molecular complexity index is 1290. The van der Waals surface area contributed by atoms with Crippen molar-refractivity contribution in [3.05, 3.63) is 88.7 Å². The number of anilines is 2. The van der Waals surface area contributed by atoms with E-state index in [4.69, 9.17) is 16.9 Å². The van der Waals surface area contributed by atoms with Crippen molar-refractivity contribution in [2.24, 2.45) is 0 Å². The van der Waals surface area contributed by atoms with Crippen molar-refractivity contribution in [1.82, 2.24) is 0 Å². The second kappa shape index (κ2) is 8.76. The second-order valence-electron chi connectivity index (χ2n) is 6.62. The van der Waals surface area contributed by atoms with Crippen molar-refractivity contribution in [1.29, 1.82) is 5.26 Å². The van der Waals surface area contributed by atoms with Gasteiger partial charge >= 0.3 is 0 Å². The molecule has 0 fully saturated rings. The standard InChI is InChI=1S/C22H17ClFN3O3S/c1-26(18-5-3-4-15(12-18)14-25)22(28)20-13-19(10-11-21(20)23)31(29,30)27(2)17-8-6-16(24)7-9-17/h3-13H,1-2H3. The van der Waals surface area contributed by atoms with Gasteiger partial charge in [-0.05, 0) is 60.7 Å². The number of nitrogens with zero attached hydrogens (tertiary/aromatic N) is 3. The topological polar surface area (TPSA) is 81.5 Å². The molecule has 0 heterocycles. The fraction of sp³-hybridized carbons (Fsp3) is 0.0909. The lowest BCUT2D eigenvalue weighted by atomic mass is 10.1. The summed E-state index contributed by atoms with van der Waals surface area (Å²) in [5.41, 5.74) is 1.08. The molecule has 3 aromatic rings. The highest BCUT2D eigenvalue weighted by atomic mass is 35.5. The Morgan fingerprint density at radius 2 is 1.68 bits per heavy atom. The van der Waals surface area contributed by atoms with Crippen LogP contribution in [0.5, 0.6) is 0 Å². The molecule has 0 aliphatic rings. The molecule has 0 saturated heterocycles. The van der Waals surface area contributed by atoms with E-state index in [9.17, 15) is 17.6 Å². The van der Waals surface area contributed by atoms with Crippen molar-refractivity contribution in [3.63, 3.8) is 0 Å². The molecule has 31 heavy (non-hydrogen) atoms. The molecule has 0 bridgehead atoms. The van der Waals surface area contributed by atoms with Gasteiger partial charge in [0.05, 0.1) is 32.8 Å². The van der Waals surface area contributed by atoms with Crippen LogP contribution in [0, 0.1) is 17.1 Å². The van der Waals surface area contributed by atoms with Crippen LogP contribution in [0.1, 0.15) is 15.9 Å². The largest absolute Gasteiger partial charge is 0.311 e. The molecule has 3 rings (SSSR count). The van der Waals surface area contributed by atoms with Gasteiger partial charge in [0, 0.05) is 19.8 Å². The molecule has 3 aromatic carbocycles. The molecule has 158 valence electrons. The van der Waals surface area contributed by atoms with Crippen molar-refractivity contribution in [2.45, 2.75) is 4.90 Å². The minimum atomic E-state index is -4.04. The summed E-state index contributed by atoms with van der Waals surface area (Å²) in [6.45, 7) is 0. The summed E-state index contributed by atoms with van der Waals surface area (Å²) in [5, 5.41) is 9.14. The van der Waals surface area contributed by atoms with E-state index in [0.29, 0.717) is 11.3 Å². The van der Waals surface area contributed by atoms with E-state index in [1.54, 1.807) is 18.2 Å². The summed E-state index contributed by atoms with van der Waals surface area (Å²) in [7, 11) is -1.21. The van der Waals surface area contributed by atoms with Gasteiger partial charge in [-0.3, -0.25) is 9.10 Å². The summed E-state index contributed by atoms with van der Waals surface area (Å²) in [5.74, 6) is -1.03. The van der Waals surface area contributed by atoms with E-state index in [0.717, 1.165) is 16.4 Å². The average Bonchev–Trinajstić information content (AvgIpc) is 2.78. The lowest BCUT2D eigenvalue weighted by Crippen LogP contribution is -2.29. The Kier molecular flexibility index (Phi) is 6.29. The molecule has 0 unspecified atom stereocenters. The van der Waals surface area contributed by atoms with Crippen LogP contribution in [-0.2, 0) is 10.0 Å². The van der Waals surface area contributed by atoms with Gasteiger partial charge in [0.2, 0.25) is 0 Å². The van der Waals surface area contributed by atoms with Crippen molar-refractivity contribution in [3.8, 4) is 6.07 Å². The first-order chi connectivity index (χ1) is 14.6. The summed E-state index contributed by atoms with van der Waals surface area (Å²) in [6, 6.07) is 17.2. The number of halogens is 2. The molecule has 6 nitrogen and oxygen atoms in total. The first kappa shape index (κ1) is 22.3. The molecular weight excluding hydrogens is 441 g/mol. The van der Waals surface area contributed by atoms with E-state index in [2.05, 4.69) is 0 Å². The number of carbonyl (C=O) groups excluding carboxylic acids is 1. The Morgan fingerprint density at radius 3 is 2.32 bits per heavy atom. The number of hydrogen-bond donors (Lipinski definition) is 0. The number of carbonyl (C=O) groups is 1. The number of hydrogen-bond acceptors (Lipinski definition) is 4. The van der Waals surface area contributed by atoms with E-state index in [1.165, 1.54) is 55.4 Å². The van der Waals surface area contributed by atoms with Gasteiger partial charge in [0.1, 0.15) is 5.82 Å². The van der Waals surface area contributed by atoms with E-state index in [-0.39, 0.29) is 21.2 Å². The smallest absolute Gasteiger partial charge is 0.264 e.